The molecule has 8 nitrogen and oxygen atoms in total. The summed E-state index contributed by atoms with van der Waals surface area (Å²) >= 11 is 0. The molecule has 0 saturated carbocycles. The van der Waals surface area contributed by atoms with E-state index in [1.54, 1.807) is 0 Å². The fourth-order valence-corrected chi connectivity index (χ4v) is 3.00. The van der Waals surface area contributed by atoms with Crippen LogP contribution in [-0.2, 0) is 18.3 Å². The van der Waals surface area contributed by atoms with Crippen LogP contribution in [0.15, 0.2) is 4.52 Å². The predicted octanol–water partition coefficient (Wildman–Crippen LogP) is 1.11. The average Bonchev–Trinajstić information content (AvgIpc) is 3.18. The fourth-order valence-electron chi connectivity index (χ4n) is 3.00. The second-order valence-corrected chi connectivity index (χ2v) is 6.16. The first kappa shape index (κ1) is 15.9. The molecule has 1 fully saturated rings. The van der Waals surface area contributed by atoms with Crippen LogP contribution in [0.5, 0.6) is 0 Å². The van der Waals surface area contributed by atoms with Gasteiger partial charge < -0.3 is 19.5 Å². The topological polar surface area (TPSA) is 81.2 Å². The van der Waals surface area contributed by atoms with Gasteiger partial charge in [0.25, 0.3) is 5.95 Å². The number of ether oxygens (including phenoxy) is 1. The summed E-state index contributed by atoms with van der Waals surface area (Å²) in [5, 5.41) is 11.9. The van der Waals surface area contributed by atoms with E-state index in [0.29, 0.717) is 18.4 Å². The minimum Gasteiger partial charge on any atom is -0.372 e. The Hall–Kier alpha value is -1.93. The second-order valence-electron chi connectivity index (χ2n) is 6.16. The normalized spacial score (nSPS) is 21.1. The number of rotatable bonds is 5. The first-order valence-electron chi connectivity index (χ1n) is 7.82. The van der Waals surface area contributed by atoms with E-state index in [-0.39, 0.29) is 12.1 Å². The van der Waals surface area contributed by atoms with Gasteiger partial charge in [-0.15, -0.1) is 0 Å². The molecule has 2 aromatic rings. The van der Waals surface area contributed by atoms with Gasteiger partial charge in [0, 0.05) is 45.0 Å². The number of anilines is 1. The molecule has 0 unspecified atom stereocenters. The van der Waals surface area contributed by atoms with Gasteiger partial charge in [-0.1, -0.05) is 0 Å². The number of hydrogen-bond acceptors (Lipinski definition) is 7. The second kappa shape index (κ2) is 6.29. The third kappa shape index (κ3) is 3.09. The molecular formula is C15H24N6O2. The highest BCUT2D eigenvalue weighted by atomic mass is 16.5. The molecule has 8 heteroatoms. The minimum absolute atomic E-state index is 0.0138. The van der Waals surface area contributed by atoms with Crippen molar-refractivity contribution in [1.82, 2.24) is 25.2 Å². The molecule has 3 rings (SSSR count). The van der Waals surface area contributed by atoms with E-state index in [4.69, 9.17) is 9.26 Å². The SMILES string of the molecule is Cc1nn(C)c(C)c1[C@H]1OCC[C@@H]1NCc1nc(N(C)C)no1. The standard InChI is InChI=1S/C15H24N6O2/c1-9-13(10(2)21(5)18-9)14-11(6-7-22-14)16-8-12-17-15(19-23-12)20(3)4/h11,14,16H,6-8H2,1-5H3/t11-,14-/m0/s1. The van der Waals surface area contributed by atoms with Crippen LogP contribution in [0.3, 0.4) is 0 Å². The highest BCUT2D eigenvalue weighted by molar-refractivity contribution is 5.29. The summed E-state index contributed by atoms with van der Waals surface area (Å²) in [5.74, 6) is 1.17. The third-order valence-corrected chi connectivity index (χ3v) is 4.31. The van der Waals surface area contributed by atoms with Crippen LogP contribution >= 0.6 is 0 Å². The van der Waals surface area contributed by atoms with Gasteiger partial charge in [0.2, 0.25) is 5.89 Å². The van der Waals surface area contributed by atoms with E-state index in [0.717, 1.165) is 24.4 Å². The highest BCUT2D eigenvalue weighted by Gasteiger charge is 2.33. The lowest BCUT2D eigenvalue weighted by Crippen LogP contribution is -2.31. The maximum Gasteiger partial charge on any atom is 0.265 e. The lowest BCUT2D eigenvalue weighted by atomic mass is 10.0. The summed E-state index contributed by atoms with van der Waals surface area (Å²) in [6, 6.07) is 0.214. The Bertz CT molecular complexity index is 678. The first-order chi connectivity index (χ1) is 11.0. The van der Waals surface area contributed by atoms with Gasteiger partial charge in [-0.2, -0.15) is 10.1 Å². The highest BCUT2D eigenvalue weighted by Crippen LogP contribution is 2.33. The summed E-state index contributed by atoms with van der Waals surface area (Å²) < 4.78 is 13.1. The first-order valence-corrected chi connectivity index (χ1v) is 7.82. The smallest absolute Gasteiger partial charge is 0.265 e. The summed E-state index contributed by atoms with van der Waals surface area (Å²) in [5.41, 5.74) is 3.35. The Morgan fingerprint density at radius 3 is 2.74 bits per heavy atom. The van der Waals surface area contributed by atoms with Crippen LogP contribution in [0.2, 0.25) is 0 Å². The average molecular weight is 320 g/mol. The fraction of sp³-hybridized carbons (Fsp3) is 0.667. The summed E-state index contributed by atoms with van der Waals surface area (Å²) in [7, 11) is 5.73. The lowest BCUT2D eigenvalue weighted by Gasteiger charge is -2.19. The molecule has 0 amide bonds. The quantitative estimate of drug-likeness (QED) is 0.883. The summed E-state index contributed by atoms with van der Waals surface area (Å²) in [6.45, 7) is 5.38. The molecule has 2 aromatic heterocycles. The van der Waals surface area contributed by atoms with E-state index < -0.39 is 0 Å². The molecule has 1 aliphatic rings. The minimum atomic E-state index is 0.0138. The molecule has 23 heavy (non-hydrogen) atoms. The van der Waals surface area contributed by atoms with Gasteiger partial charge in [0.05, 0.1) is 12.2 Å². The number of nitrogens with one attached hydrogen (secondary N) is 1. The van der Waals surface area contributed by atoms with Gasteiger partial charge >= 0.3 is 0 Å². The van der Waals surface area contributed by atoms with E-state index in [9.17, 15) is 0 Å². The zero-order valence-corrected chi connectivity index (χ0v) is 14.3. The van der Waals surface area contributed by atoms with Crippen molar-refractivity contribution in [3.63, 3.8) is 0 Å². The Kier molecular flexibility index (Phi) is 4.36. The lowest BCUT2D eigenvalue weighted by molar-refractivity contribution is 0.0968. The third-order valence-electron chi connectivity index (χ3n) is 4.31. The van der Waals surface area contributed by atoms with Gasteiger partial charge in [-0.05, 0) is 25.4 Å². The van der Waals surface area contributed by atoms with Crippen LogP contribution in [0.25, 0.3) is 0 Å². The zero-order chi connectivity index (χ0) is 16.6. The molecular weight excluding hydrogens is 296 g/mol. The number of aromatic nitrogens is 4. The van der Waals surface area contributed by atoms with Crippen molar-refractivity contribution < 1.29 is 9.26 Å². The van der Waals surface area contributed by atoms with Crippen molar-refractivity contribution in [2.75, 3.05) is 25.6 Å². The van der Waals surface area contributed by atoms with E-state index >= 15 is 0 Å². The largest absolute Gasteiger partial charge is 0.372 e. The van der Waals surface area contributed by atoms with Crippen LogP contribution in [0, 0.1) is 13.8 Å². The molecule has 1 N–H and O–H groups in total. The van der Waals surface area contributed by atoms with E-state index in [2.05, 4.69) is 27.5 Å². The summed E-state index contributed by atoms with van der Waals surface area (Å²) in [4.78, 5) is 6.15. The van der Waals surface area contributed by atoms with E-state index in [1.807, 2.05) is 37.6 Å². The Morgan fingerprint density at radius 2 is 2.13 bits per heavy atom. The zero-order valence-electron chi connectivity index (χ0n) is 14.3. The Morgan fingerprint density at radius 1 is 1.35 bits per heavy atom. The predicted molar refractivity (Wildman–Crippen MR) is 85.2 cm³/mol. The van der Waals surface area contributed by atoms with Crippen molar-refractivity contribution in [2.45, 2.75) is 39.0 Å². The van der Waals surface area contributed by atoms with Gasteiger partial charge in [0.1, 0.15) is 6.10 Å². The summed E-state index contributed by atoms with van der Waals surface area (Å²) in [6.07, 6.45) is 0.965. The Labute approximate surface area is 135 Å². The maximum atomic E-state index is 5.97. The van der Waals surface area contributed by atoms with Crippen LogP contribution < -0.4 is 10.2 Å². The molecule has 0 aliphatic carbocycles. The molecule has 2 atom stereocenters. The Balaban J connectivity index is 1.69. The molecule has 0 radical (unpaired) electrons. The van der Waals surface area contributed by atoms with Gasteiger partial charge in [-0.25, -0.2) is 0 Å². The van der Waals surface area contributed by atoms with Crippen molar-refractivity contribution in [2.24, 2.45) is 7.05 Å². The molecule has 0 bridgehead atoms. The van der Waals surface area contributed by atoms with Crippen molar-refractivity contribution in [3.8, 4) is 0 Å². The van der Waals surface area contributed by atoms with Crippen LogP contribution in [0.1, 0.15) is 35.4 Å². The van der Waals surface area contributed by atoms with Crippen molar-refractivity contribution >= 4 is 5.95 Å². The van der Waals surface area contributed by atoms with Crippen LogP contribution in [-0.4, -0.2) is 46.7 Å². The van der Waals surface area contributed by atoms with E-state index in [1.165, 1.54) is 5.56 Å². The van der Waals surface area contributed by atoms with Crippen molar-refractivity contribution in [1.29, 1.82) is 0 Å². The molecule has 1 aliphatic heterocycles. The van der Waals surface area contributed by atoms with Gasteiger partial charge in [-0.3, -0.25) is 4.68 Å². The molecule has 3 heterocycles. The van der Waals surface area contributed by atoms with Crippen molar-refractivity contribution in [3.05, 3.63) is 22.8 Å². The molecule has 1 saturated heterocycles. The molecule has 0 spiro atoms. The number of aryl methyl sites for hydroxylation is 2. The van der Waals surface area contributed by atoms with Gasteiger partial charge in [0.15, 0.2) is 0 Å². The molecule has 126 valence electrons. The molecule has 0 aromatic carbocycles. The monoisotopic (exact) mass is 320 g/mol. The number of nitrogens with zero attached hydrogens (tertiary/aromatic N) is 5. The van der Waals surface area contributed by atoms with Crippen LogP contribution in [0.4, 0.5) is 5.95 Å². The number of hydrogen-bond donors (Lipinski definition) is 1. The maximum absolute atomic E-state index is 5.97.